The number of rotatable bonds is 8. The van der Waals surface area contributed by atoms with Gasteiger partial charge in [-0.05, 0) is 182 Å². The lowest BCUT2D eigenvalue weighted by atomic mass is 9.70. The molecule has 18 aromatic rings. The quantitative estimate of drug-likeness (QED) is 0.106. The number of benzene rings is 16. The van der Waals surface area contributed by atoms with Gasteiger partial charge in [0.05, 0.1) is 38.9 Å². The van der Waals surface area contributed by atoms with Gasteiger partial charge in [0.25, 0.3) is 0 Å². The molecular formula is C93H58N2. The summed E-state index contributed by atoms with van der Waals surface area (Å²) in [6, 6.07) is 122. The largest absolute Gasteiger partial charge is 0.309 e. The van der Waals surface area contributed by atoms with Gasteiger partial charge in [0.2, 0.25) is 0 Å². The van der Waals surface area contributed by atoms with Crippen molar-refractivity contribution in [3.63, 3.8) is 0 Å². The second kappa shape index (κ2) is 20.8. The van der Waals surface area contributed by atoms with Gasteiger partial charge in [0.1, 0.15) is 0 Å². The minimum Gasteiger partial charge on any atom is -0.309 e. The summed E-state index contributed by atoms with van der Waals surface area (Å²) in [6.45, 7) is 0. The van der Waals surface area contributed by atoms with Crippen LogP contribution in [0, 0.1) is 0 Å². The molecule has 2 aliphatic carbocycles. The van der Waals surface area contributed by atoms with E-state index in [1.54, 1.807) is 0 Å². The van der Waals surface area contributed by atoms with Crippen molar-refractivity contribution in [3.8, 4) is 55.9 Å². The summed E-state index contributed by atoms with van der Waals surface area (Å²) in [5, 5.41) is 15.1. The van der Waals surface area contributed by atoms with Gasteiger partial charge in [-0.25, -0.2) is 0 Å². The third kappa shape index (κ3) is 8.05. The van der Waals surface area contributed by atoms with Gasteiger partial charge in [0, 0.05) is 32.3 Å². The van der Waals surface area contributed by atoms with Crippen LogP contribution in [0.3, 0.4) is 0 Å². The summed E-state index contributed by atoms with van der Waals surface area (Å²) >= 11 is 0. The smallest absolute Gasteiger partial charge is 0.0725 e. The SMILES string of the molecule is C(=Cc1ccc2c(c1)C1(c3ccccc3-c3ccccc31)c1cc(C=Cc3ccc(-c4ccc5c(c4)c4ccccc4n5-c4cc5ccccc5c5ccccc45)cc3)ccc1-2)c1ccc(-c2ccc3c(c2)c2ccccc2n3-c2cc3ccccc3c3ccccc23)cc1. The summed E-state index contributed by atoms with van der Waals surface area (Å²) in [7, 11) is 0. The minimum atomic E-state index is -0.484. The Labute approximate surface area is 550 Å². The average molecular weight is 1200 g/mol. The van der Waals surface area contributed by atoms with Gasteiger partial charge >= 0.3 is 0 Å². The fourth-order valence-corrected chi connectivity index (χ4v) is 16.6. The maximum absolute atomic E-state index is 2.47. The molecule has 0 bridgehead atoms. The predicted octanol–water partition coefficient (Wildman–Crippen LogP) is 24.5. The molecule has 0 saturated carbocycles. The Balaban J connectivity index is 0.608. The zero-order valence-corrected chi connectivity index (χ0v) is 51.9. The average Bonchev–Trinajstić information content (AvgIpc) is 1.52. The molecule has 2 aromatic heterocycles. The first-order valence-corrected chi connectivity index (χ1v) is 33.0. The highest BCUT2D eigenvalue weighted by Crippen LogP contribution is 2.63. The van der Waals surface area contributed by atoms with Crippen molar-refractivity contribution < 1.29 is 0 Å². The molecule has 0 N–H and O–H groups in total. The minimum absolute atomic E-state index is 0.484. The molecule has 0 amide bonds. The normalized spacial score (nSPS) is 13.1. The van der Waals surface area contributed by atoms with Crippen LogP contribution >= 0.6 is 0 Å². The van der Waals surface area contributed by atoms with E-state index in [0.29, 0.717) is 0 Å². The maximum atomic E-state index is 2.47. The molecule has 16 aromatic carbocycles. The van der Waals surface area contributed by atoms with Crippen LogP contribution in [-0.4, -0.2) is 9.13 Å². The molecule has 1 spiro atoms. The monoisotopic (exact) mass is 1200 g/mol. The first-order chi connectivity index (χ1) is 47.1. The molecule has 0 saturated heterocycles. The number of para-hydroxylation sites is 2. The molecule has 2 aliphatic rings. The highest BCUT2D eigenvalue weighted by atomic mass is 15.0. The molecule has 440 valence electrons. The van der Waals surface area contributed by atoms with Crippen molar-refractivity contribution in [1.82, 2.24) is 9.13 Å². The molecule has 0 unspecified atom stereocenters. The molecule has 2 heteroatoms. The van der Waals surface area contributed by atoms with Gasteiger partial charge in [-0.2, -0.15) is 0 Å². The van der Waals surface area contributed by atoms with Crippen molar-refractivity contribution in [2.45, 2.75) is 5.41 Å². The van der Waals surface area contributed by atoms with Gasteiger partial charge in [-0.15, -0.1) is 0 Å². The highest BCUT2D eigenvalue weighted by molar-refractivity contribution is 6.18. The Bertz CT molecular complexity index is 5940. The predicted molar refractivity (Wildman–Crippen MR) is 403 cm³/mol. The maximum Gasteiger partial charge on any atom is 0.0725 e. The van der Waals surface area contributed by atoms with Crippen LogP contribution in [0.1, 0.15) is 44.5 Å². The first-order valence-electron chi connectivity index (χ1n) is 33.0. The molecule has 0 atom stereocenters. The molecule has 0 fully saturated rings. The van der Waals surface area contributed by atoms with Gasteiger partial charge in [-0.3, -0.25) is 0 Å². The second-order valence-corrected chi connectivity index (χ2v) is 25.9. The van der Waals surface area contributed by atoms with Crippen LogP contribution in [0.5, 0.6) is 0 Å². The van der Waals surface area contributed by atoms with Crippen LogP contribution in [0.25, 0.3) is 167 Å². The van der Waals surface area contributed by atoms with Gasteiger partial charge < -0.3 is 9.13 Å². The molecule has 0 radical (unpaired) electrons. The van der Waals surface area contributed by atoms with Crippen molar-refractivity contribution in [3.05, 3.63) is 372 Å². The molecular weight excluding hydrogens is 1150 g/mol. The number of fused-ring (bicyclic) bond motifs is 22. The van der Waals surface area contributed by atoms with Crippen molar-refractivity contribution in [1.29, 1.82) is 0 Å². The Morgan fingerprint density at radius 2 is 0.526 bits per heavy atom. The fraction of sp³-hybridized carbons (Fsp3) is 0.0108. The second-order valence-electron chi connectivity index (χ2n) is 25.9. The molecule has 20 rings (SSSR count). The number of hydrogen-bond acceptors (Lipinski definition) is 0. The molecule has 0 aliphatic heterocycles. The van der Waals surface area contributed by atoms with Gasteiger partial charge in [-0.1, -0.05) is 291 Å². The lowest BCUT2D eigenvalue weighted by molar-refractivity contribution is 0.793. The molecule has 2 heterocycles. The van der Waals surface area contributed by atoms with Crippen molar-refractivity contribution >= 4 is 111 Å². The molecule has 95 heavy (non-hydrogen) atoms. The summed E-state index contributed by atoms with van der Waals surface area (Å²) in [4.78, 5) is 0. The number of hydrogen-bond donors (Lipinski definition) is 0. The Hall–Kier alpha value is -12.4. The summed E-state index contributed by atoms with van der Waals surface area (Å²) in [5.74, 6) is 0. The Kier molecular flexibility index (Phi) is 11.7. The standard InChI is InChI=1S/C93H58N2/c1-3-19-69-67(17-1)57-91(77-25-7-5-21-71(69)77)94-87-31-15-11-27-79(87)81-55-65(47-51-89(81)94)63-43-37-59(38-44-63)33-35-61-41-49-75-76-50-42-62(54-86(76)93(85(75)53-61)83-29-13-9-23-73(83)74-24-10-14-30-84(74)93)36-34-60-39-45-64(46-40-60)66-48-52-90-82(56-66)80-28-12-16-32-88(80)95(90)92-58-68-18-2-4-20-70(68)72-22-6-8-26-78(72)92/h1-58H. The summed E-state index contributed by atoms with van der Waals surface area (Å²) < 4.78 is 4.93. The lowest BCUT2D eigenvalue weighted by Crippen LogP contribution is -2.26. The topological polar surface area (TPSA) is 9.86 Å². The third-order valence-electron chi connectivity index (χ3n) is 20.9. The van der Waals surface area contributed by atoms with Crippen molar-refractivity contribution in [2.24, 2.45) is 0 Å². The highest BCUT2D eigenvalue weighted by Gasteiger charge is 2.51. The molecule has 2 nitrogen and oxygen atoms in total. The van der Waals surface area contributed by atoms with Crippen LogP contribution in [0.15, 0.2) is 328 Å². The number of nitrogens with zero attached hydrogens (tertiary/aromatic N) is 2. The zero-order chi connectivity index (χ0) is 62.3. The first kappa shape index (κ1) is 53.3. The van der Waals surface area contributed by atoms with E-state index in [-0.39, 0.29) is 0 Å². The van der Waals surface area contributed by atoms with E-state index in [9.17, 15) is 0 Å². The third-order valence-corrected chi connectivity index (χ3v) is 20.9. The van der Waals surface area contributed by atoms with E-state index in [1.165, 1.54) is 176 Å². The van der Waals surface area contributed by atoms with Crippen LogP contribution in [-0.2, 0) is 5.41 Å². The Morgan fingerprint density at radius 1 is 0.200 bits per heavy atom. The number of aromatic nitrogens is 2. The van der Waals surface area contributed by atoms with E-state index in [4.69, 9.17) is 0 Å². The summed E-state index contributed by atoms with van der Waals surface area (Å²) in [5.41, 5.74) is 26.7. The van der Waals surface area contributed by atoms with E-state index in [1.807, 2.05) is 0 Å². The van der Waals surface area contributed by atoms with E-state index < -0.39 is 5.41 Å². The summed E-state index contributed by atoms with van der Waals surface area (Å²) in [6.07, 6.45) is 9.12. The van der Waals surface area contributed by atoms with E-state index in [2.05, 4.69) is 361 Å². The van der Waals surface area contributed by atoms with E-state index in [0.717, 1.165) is 11.1 Å². The zero-order valence-electron chi connectivity index (χ0n) is 51.9. The van der Waals surface area contributed by atoms with Crippen LogP contribution in [0.2, 0.25) is 0 Å². The Morgan fingerprint density at radius 3 is 0.979 bits per heavy atom. The van der Waals surface area contributed by atoms with Gasteiger partial charge in [0.15, 0.2) is 0 Å². The van der Waals surface area contributed by atoms with E-state index >= 15 is 0 Å². The van der Waals surface area contributed by atoms with Crippen LogP contribution in [0.4, 0.5) is 0 Å². The fourth-order valence-electron chi connectivity index (χ4n) is 16.6. The van der Waals surface area contributed by atoms with Crippen LogP contribution < -0.4 is 0 Å². The van der Waals surface area contributed by atoms with Crippen molar-refractivity contribution in [2.75, 3.05) is 0 Å². The lowest BCUT2D eigenvalue weighted by Gasteiger charge is -2.30.